The highest BCUT2D eigenvalue weighted by atomic mass is 32.2. The second-order valence-electron chi connectivity index (χ2n) is 6.20. The van der Waals surface area contributed by atoms with E-state index in [4.69, 9.17) is 0 Å². The van der Waals surface area contributed by atoms with E-state index in [0.717, 1.165) is 37.1 Å². The molecule has 0 radical (unpaired) electrons. The van der Waals surface area contributed by atoms with Crippen LogP contribution < -0.4 is 9.62 Å². The highest BCUT2D eigenvalue weighted by Gasteiger charge is 2.26. The predicted molar refractivity (Wildman–Crippen MR) is 93.5 cm³/mol. The molecule has 1 aromatic carbocycles. The molecule has 0 saturated carbocycles. The molecule has 1 aliphatic rings. The van der Waals surface area contributed by atoms with E-state index in [0.29, 0.717) is 10.8 Å². The first-order valence-corrected chi connectivity index (χ1v) is 9.55. The van der Waals surface area contributed by atoms with E-state index in [2.05, 4.69) is 19.6 Å². The van der Waals surface area contributed by atoms with Gasteiger partial charge in [-0.25, -0.2) is 23.1 Å². The van der Waals surface area contributed by atoms with Crippen LogP contribution in [-0.2, 0) is 10.0 Å². The van der Waals surface area contributed by atoms with Crippen LogP contribution in [0.25, 0.3) is 0 Å². The van der Waals surface area contributed by atoms with Crippen molar-refractivity contribution in [1.29, 1.82) is 0 Å². The number of aromatic nitrogens is 2. The molecule has 2 aromatic rings. The largest absolute Gasteiger partial charge is 0.341 e. The van der Waals surface area contributed by atoms with E-state index >= 15 is 0 Å². The number of rotatable bonds is 4. The zero-order valence-electron chi connectivity index (χ0n) is 13.9. The molecular formula is C17H22N4O2S. The Morgan fingerprint density at radius 1 is 1.12 bits per heavy atom. The normalized spacial score (nSPS) is 16.3. The van der Waals surface area contributed by atoms with Crippen molar-refractivity contribution >= 4 is 16.0 Å². The van der Waals surface area contributed by atoms with Gasteiger partial charge in [0.15, 0.2) is 0 Å². The molecule has 7 heteroatoms. The first-order chi connectivity index (χ1) is 11.5. The van der Waals surface area contributed by atoms with Crippen LogP contribution in [0.15, 0.2) is 41.6 Å². The molecule has 0 aliphatic carbocycles. The number of nitrogens with zero attached hydrogens (tertiary/aromatic N) is 3. The van der Waals surface area contributed by atoms with Crippen LogP contribution >= 0.6 is 0 Å². The third-order valence-corrected chi connectivity index (χ3v) is 5.95. The van der Waals surface area contributed by atoms with Gasteiger partial charge in [-0.05, 0) is 44.4 Å². The van der Waals surface area contributed by atoms with Gasteiger partial charge in [0.25, 0.3) is 0 Å². The maximum atomic E-state index is 12.6. The van der Waals surface area contributed by atoms with E-state index in [1.807, 2.05) is 26.0 Å². The van der Waals surface area contributed by atoms with Gasteiger partial charge in [-0.2, -0.15) is 0 Å². The summed E-state index contributed by atoms with van der Waals surface area (Å²) in [6.07, 6.45) is 4.92. The molecule has 3 rings (SSSR count). The van der Waals surface area contributed by atoms with Crippen LogP contribution in [0.2, 0.25) is 0 Å². The number of sulfonamides is 1. The number of piperidine rings is 1. The fraction of sp³-hybridized carbons (Fsp3) is 0.412. The van der Waals surface area contributed by atoms with Gasteiger partial charge in [0.1, 0.15) is 0 Å². The van der Waals surface area contributed by atoms with Crippen molar-refractivity contribution in [3.05, 3.63) is 47.8 Å². The number of hydrogen-bond acceptors (Lipinski definition) is 5. The summed E-state index contributed by atoms with van der Waals surface area (Å²) in [5.41, 5.74) is 1.83. The summed E-state index contributed by atoms with van der Waals surface area (Å²) in [6, 6.07) is 7.13. The monoisotopic (exact) mass is 346 g/mol. The lowest BCUT2D eigenvalue weighted by Gasteiger charge is -2.32. The minimum atomic E-state index is -3.49. The second kappa shape index (κ2) is 6.86. The highest BCUT2D eigenvalue weighted by molar-refractivity contribution is 7.89. The van der Waals surface area contributed by atoms with Crippen molar-refractivity contribution in [1.82, 2.24) is 14.7 Å². The van der Waals surface area contributed by atoms with E-state index in [1.165, 1.54) is 0 Å². The Labute approximate surface area is 143 Å². The van der Waals surface area contributed by atoms with Crippen molar-refractivity contribution < 1.29 is 8.42 Å². The maximum Gasteiger partial charge on any atom is 0.241 e. The van der Waals surface area contributed by atoms with Crippen LogP contribution in [0, 0.1) is 13.8 Å². The van der Waals surface area contributed by atoms with Crippen molar-refractivity contribution in [2.45, 2.75) is 37.6 Å². The summed E-state index contributed by atoms with van der Waals surface area (Å²) >= 11 is 0. The van der Waals surface area contributed by atoms with E-state index < -0.39 is 10.0 Å². The smallest absolute Gasteiger partial charge is 0.241 e. The third-order valence-electron chi connectivity index (χ3n) is 4.27. The summed E-state index contributed by atoms with van der Waals surface area (Å²) in [6.45, 7) is 5.27. The zero-order valence-corrected chi connectivity index (χ0v) is 14.8. The average molecular weight is 346 g/mol. The van der Waals surface area contributed by atoms with Crippen molar-refractivity contribution in [2.75, 3.05) is 18.0 Å². The Hall–Kier alpha value is -1.99. The minimum absolute atomic E-state index is 0.0596. The zero-order chi connectivity index (χ0) is 17.2. The topological polar surface area (TPSA) is 75.2 Å². The Balaban J connectivity index is 1.65. The molecule has 6 nitrogen and oxygen atoms in total. The van der Waals surface area contributed by atoms with Gasteiger partial charge in [-0.3, -0.25) is 0 Å². The Kier molecular flexibility index (Phi) is 4.82. The standard InChI is InChI=1S/C17H22N4O2S/c1-13-4-5-16(14(2)12-13)24(22,23)20-15-6-10-21(11-7-15)17-18-8-3-9-19-17/h3-5,8-9,12,15,20H,6-7,10-11H2,1-2H3. The molecule has 0 atom stereocenters. The number of anilines is 1. The van der Waals surface area contributed by atoms with Gasteiger partial charge in [0, 0.05) is 31.5 Å². The molecule has 1 aromatic heterocycles. The van der Waals surface area contributed by atoms with E-state index in [9.17, 15) is 8.42 Å². The minimum Gasteiger partial charge on any atom is -0.341 e. The summed E-state index contributed by atoms with van der Waals surface area (Å²) in [4.78, 5) is 10.9. The summed E-state index contributed by atoms with van der Waals surface area (Å²) in [5.74, 6) is 0.702. The third kappa shape index (κ3) is 3.73. The lowest BCUT2D eigenvalue weighted by Crippen LogP contribution is -2.45. The molecule has 1 N–H and O–H groups in total. The van der Waals surface area contributed by atoms with Gasteiger partial charge in [-0.15, -0.1) is 0 Å². The maximum absolute atomic E-state index is 12.6. The van der Waals surface area contributed by atoms with Crippen molar-refractivity contribution in [3.63, 3.8) is 0 Å². The molecule has 0 spiro atoms. The Bertz CT molecular complexity index is 801. The molecule has 24 heavy (non-hydrogen) atoms. The van der Waals surface area contributed by atoms with Gasteiger partial charge in [0.05, 0.1) is 4.90 Å². The summed E-state index contributed by atoms with van der Waals surface area (Å²) < 4.78 is 28.1. The lowest BCUT2D eigenvalue weighted by atomic mass is 10.1. The first kappa shape index (κ1) is 16.9. The quantitative estimate of drug-likeness (QED) is 0.917. The lowest BCUT2D eigenvalue weighted by molar-refractivity contribution is 0.456. The van der Waals surface area contributed by atoms with E-state index in [-0.39, 0.29) is 6.04 Å². The number of hydrogen-bond donors (Lipinski definition) is 1. The number of nitrogens with one attached hydrogen (secondary N) is 1. The SMILES string of the molecule is Cc1ccc(S(=O)(=O)NC2CCN(c3ncccn3)CC2)c(C)c1. The Morgan fingerprint density at radius 3 is 2.42 bits per heavy atom. The molecule has 0 unspecified atom stereocenters. The van der Waals surface area contributed by atoms with Gasteiger partial charge in [-0.1, -0.05) is 17.7 Å². The van der Waals surface area contributed by atoms with Crippen LogP contribution in [0.3, 0.4) is 0 Å². The number of benzene rings is 1. The predicted octanol–water partition coefficient (Wildman–Crippen LogP) is 2.04. The summed E-state index contributed by atoms with van der Waals surface area (Å²) in [7, 11) is -3.49. The molecule has 2 heterocycles. The van der Waals surface area contributed by atoms with Crippen molar-refractivity contribution in [3.8, 4) is 0 Å². The van der Waals surface area contributed by atoms with Crippen LogP contribution in [0.4, 0.5) is 5.95 Å². The molecular weight excluding hydrogens is 324 g/mol. The van der Waals surface area contributed by atoms with Gasteiger partial charge < -0.3 is 4.90 Å². The molecule has 1 saturated heterocycles. The number of aryl methyl sites for hydroxylation is 2. The molecule has 0 bridgehead atoms. The van der Waals surface area contributed by atoms with Gasteiger partial charge in [0.2, 0.25) is 16.0 Å². The van der Waals surface area contributed by atoms with Crippen LogP contribution in [0.1, 0.15) is 24.0 Å². The van der Waals surface area contributed by atoms with Crippen molar-refractivity contribution in [2.24, 2.45) is 0 Å². The molecule has 0 amide bonds. The van der Waals surface area contributed by atoms with E-state index in [1.54, 1.807) is 24.5 Å². The summed E-state index contributed by atoms with van der Waals surface area (Å²) in [5, 5.41) is 0. The Morgan fingerprint density at radius 2 is 1.79 bits per heavy atom. The fourth-order valence-corrected chi connectivity index (χ4v) is 4.57. The molecule has 1 fully saturated rings. The fourth-order valence-electron chi connectivity index (χ4n) is 3.04. The molecule has 1 aliphatic heterocycles. The van der Waals surface area contributed by atoms with Crippen LogP contribution in [-0.4, -0.2) is 37.5 Å². The average Bonchev–Trinajstić information content (AvgIpc) is 2.55. The molecule has 128 valence electrons. The van der Waals surface area contributed by atoms with Gasteiger partial charge >= 0.3 is 0 Å². The van der Waals surface area contributed by atoms with Crippen LogP contribution in [0.5, 0.6) is 0 Å². The second-order valence-corrected chi connectivity index (χ2v) is 7.88. The first-order valence-electron chi connectivity index (χ1n) is 8.07. The highest BCUT2D eigenvalue weighted by Crippen LogP contribution is 2.20.